The molecule has 1 aliphatic carbocycles. The van der Waals surface area contributed by atoms with Gasteiger partial charge in [-0.1, -0.05) is 0 Å². The lowest BCUT2D eigenvalue weighted by Crippen LogP contribution is -2.42. The summed E-state index contributed by atoms with van der Waals surface area (Å²) in [7, 11) is -1.34. The van der Waals surface area contributed by atoms with Crippen molar-refractivity contribution in [2.75, 3.05) is 6.26 Å². The predicted octanol–water partition coefficient (Wildman–Crippen LogP) is -2.84. The van der Waals surface area contributed by atoms with Crippen molar-refractivity contribution in [3.05, 3.63) is 0 Å². The average molecular weight is 195 g/mol. The first-order chi connectivity index (χ1) is 5.46. The second-order valence-corrected chi connectivity index (χ2v) is 4.55. The quantitative estimate of drug-likeness (QED) is 0.361. The SMILES string of the molecule is C[S@@](=O)C1[C@@H](N)[C@@H](O)[C@@H](O)[C@H]1O. The first-order valence-electron chi connectivity index (χ1n) is 3.59. The Balaban J connectivity index is 2.83. The van der Waals surface area contributed by atoms with Crippen LogP contribution in [0.15, 0.2) is 0 Å². The van der Waals surface area contributed by atoms with E-state index in [1.165, 1.54) is 6.26 Å². The van der Waals surface area contributed by atoms with E-state index < -0.39 is 40.4 Å². The number of nitrogens with two attached hydrogens (primary N) is 1. The summed E-state index contributed by atoms with van der Waals surface area (Å²) in [5.41, 5.74) is 5.44. The van der Waals surface area contributed by atoms with Crippen molar-refractivity contribution in [2.24, 2.45) is 5.73 Å². The van der Waals surface area contributed by atoms with Gasteiger partial charge in [-0.2, -0.15) is 0 Å². The Morgan fingerprint density at radius 2 is 1.67 bits per heavy atom. The van der Waals surface area contributed by atoms with Crippen molar-refractivity contribution >= 4 is 10.8 Å². The van der Waals surface area contributed by atoms with Gasteiger partial charge in [0, 0.05) is 17.1 Å². The fraction of sp³-hybridized carbons (Fsp3) is 1.00. The lowest BCUT2D eigenvalue weighted by Gasteiger charge is -2.15. The Kier molecular flexibility index (Phi) is 2.84. The van der Waals surface area contributed by atoms with Gasteiger partial charge in [0.05, 0.1) is 23.5 Å². The van der Waals surface area contributed by atoms with Crippen molar-refractivity contribution < 1.29 is 19.5 Å². The number of aliphatic hydroxyl groups is 3. The molecule has 5 nitrogen and oxygen atoms in total. The first-order valence-corrected chi connectivity index (χ1v) is 5.21. The van der Waals surface area contributed by atoms with Gasteiger partial charge in [-0.3, -0.25) is 4.21 Å². The number of aliphatic hydroxyl groups excluding tert-OH is 3. The molecule has 0 spiro atoms. The fourth-order valence-electron chi connectivity index (χ4n) is 1.46. The Hall–Kier alpha value is -0.0100. The van der Waals surface area contributed by atoms with Crippen LogP contribution >= 0.6 is 0 Å². The minimum absolute atomic E-state index is 0.741. The molecule has 0 saturated heterocycles. The Morgan fingerprint density at radius 3 is 1.83 bits per heavy atom. The molecule has 0 radical (unpaired) electrons. The highest BCUT2D eigenvalue weighted by atomic mass is 32.2. The highest BCUT2D eigenvalue weighted by Gasteiger charge is 2.48. The van der Waals surface area contributed by atoms with Gasteiger partial charge in [0.15, 0.2) is 0 Å². The van der Waals surface area contributed by atoms with Crippen molar-refractivity contribution in [2.45, 2.75) is 29.6 Å². The summed E-state index contributed by atoms with van der Waals surface area (Å²) in [5, 5.41) is 26.9. The van der Waals surface area contributed by atoms with Gasteiger partial charge >= 0.3 is 0 Å². The maximum atomic E-state index is 11.0. The van der Waals surface area contributed by atoms with Crippen molar-refractivity contribution in [1.82, 2.24) is 0 Å². The van der Waals surface area contributed by atoms with Gasteiger partial charge in [-0.25, -0.2) is 0 Å². The van der Waals surface area contributed by atoms with Gasteiger partial charge < -0.3 is 21.1 Å². The molecule has 6 heteroatoms. The van der Waals surface area contributed by atoms with E-state index >= 15 is 0 Å². The standard InChI is InChI=1S/C6H13NO4S/c1-12(11)6-2(7)3(8)4(9)5(6)10/h2-6,8-10H,7H2,1H3/t2-,3+,4+,5+,6?,12+/m0/s1. The molecule has 5 N–H and O–H groups in total. The highest BCUT2D eigenvalue weighted by Crippen LogP contribution is 2.23. The highest BCUT2D eigenvalue weighted by molar-refractivity contribution is 7.85. The summed E-state index contributed by atoms with van der Waals surface area (Å²) in [6, 6.07) is -0.819. The van der Waals surface area contributed by atoms with Crippen LogP contribution in [0, 0.1) is 0 Å². The summed E-state index contributed by atoms with van der Waals surface area (Å²) < 4.78 is 11.0. The van der Waals surface area contributed by atoms with Gasteiger partial charge in [-0.05, 0) is 0 Å². The summed E-state index contributed by atoms with van der Waals surface area (Å²) in [5.74, 6) is 0. The third kappa shape index (κ3) is 1.40. The zero-order chi connectivity index (χ0) is 9.46. The van der Waals surface area contributed by atoms with E-state index in [1.54, 1.807) is 0 Å². The van der Waals surface area contributed by atoms with E-state index in [1.807, 2.05) is 0 Å². The van der Waals surface area contributed by atoms with Crippen LogP contribution in [0.4, 0.5) is 0 Å². The van der Waals surface area contributed by atoms with Crippen LogP contribution in [0.25, 0.3) is 0 Å². The smallest absolute Gasteiger partial charge is 0.108 e. The molecular weight excluding hydrogens is 182 g/mol. The average Bonchev–Trinajstić information content (AvgIpc) is 2.16. The molecule has 1 unspecified atom stereocenters. The largest absolute Gasteiger partial charge is 0.389 e. The van der Waals surface area contributed by atoms with Crippen LogP contribution in [-0.4, -0.2) is 55.4 Å². The van der Waals surface area contributed by atoms with E-state index in [0.29, 0.717) is 0 Å². The molecular formula is C6H13NO4S. The minimum Gasteiger partial charge on any atom is -0.389 e. The number of hydrogen-bond donors (Lipinski definition) is 4. The molecule has 12 heavy (non-hydrogen) atoms. The molecule has 0 heterocycles. The van der Waals surface area contributed by atoms with Crippen molar-refractivity contribution in [1.29, 1.82) is 0 Å². The first kappa shape index (κ1) is 10.1. The van der Waals surface area contributed by atoms with E-state index in [4.69, 9.17) is 10.8 Å². The maximum absolute atomic E-state index is 11.0. The van der Waals surface area contributed by atoms with Gasteiger partial charge in [-0.15, -0.1) is 0 Å². The monoisotopic (exact) mass is 195 g/mol. The van der Waals surface area contributed by atoms with Crippen molar-refractivity contribution in [3.63, 3.8) is 0 Å². The molecule has 6 atom stereocenters. The molecule has 0 amide bonds. The third-order valence-corrected chi connectivity index (χ3v) is 3.55. The van der Waals surface area contributed by atoms with E-state index in [-0.39, 0.29) is 0 Å². The normalized spacial score (nSPS) is 50.9. The van der Waals surface area contributed by atoms with Crippen LogP contribution in [-0.2, 0) is 10.8 Å². The van der Waals surface area contributed by atoms with E-state index in [0.717, 1.165) is 0 Å². The molecule has 1 saturated carbocycles. The molecule has 0 bridgehead atoms. The molecule has 1 rings (SSSR count). The predicted molar refractivity (Wildman–Crippen MR) is 43.9 cm³/mol. The molecule has 0 aromatic rings. The van der Waals surface area contributed by atoms with Crippen LogP contribution in [0.2, 0.25) is 0 Å². The Labute approximate surface area is 72.7 Å². The topological polar surface area (TPSA) is 104 Å². The summed E-state index contributed by atoms with van der Waals surface area (Å²) in [4.78, 5) is 0. The second kappa shape index (κ2) is 3.39. The molecule has 0 aromatic heterocycles. The maximum Gasteiger partial charge on any atom is 0.108 e. The van der Waals surface area contributed by atoms with Crippen LogP contribution < -0.4 is 5.73 Å². The van der Waals surface area contributed by atoms with Gasteiger partial charge in [0.25, 0.3) is 0 Å². The second-order valence-electron chi connectivity index (χ2n) is 3.01. The number of hydrogen-bond acceptors (Lipinski definition) is 5. The summed E-state index contributed by atoms with van der Waals surface area (Å²) >= 11 is 0. The van der Waals surface area contributed by atoms with E-state index in [2.05, 4.69) is 0 Å². The van der Waals surface area contributed by atoms with Crippen LogP contribution in [0.3, 0.4) is 0 Å². The van der Waals surface area contributed by atoms with Crippen LogP contribution in [0.5, 0.6) is 0 Å². The minimum atomic E-state index is -1.34. The molecule has 0 aromatic carbocycles. The van der Waals surface area contributed by atoms with E-state index in [9.17, 15) is 14.4 Å². The third-order valence-electron chi connectivity index (χ3n) is 2.19. The lowest BCUT2D eigenvalue weighted by atomic mass is 10.2. The Morgan fingerprint density at radius 1 is 1.17 bits per heavy atom. The van der Waals surface area contributed by atoms with Gasteiger partial charge in [0.2, 0.25) is 0 Å². The van der Waals surface area contributed by atoms with Gasteiger partial charge in [0.1, 0.15) is 6.10 Å². The summed E-state index contributed by atoms with van der Waals surface area (Å²) in [6.45, 7) is 0. The lowest BCUT2D eigenvalue weighted by molar-refractivity contribution is -0.0200. The number of rotatable bonds is 1. The molecule has 0 aliphatic heterocycles. The molecule has 1 aliphatic rings. The Bertz CT molecular complexity index is 186. The zero-order valence-corrected chi connectivity index (χ0v) is 7.44. The van der Waals surface area contributed by atoms with Crippen molar-refractivity contribution in [3.8, 4) is 0 Å². The van der Waals surface area contributed by atoms with Crippen LogP contribution in [0.1, 0.15) is 0 Å². The summed E-state index contributed by atoms with van der Waals surface area (Å²) in [6.07, 6.45) is -2.28. The molecule has 72 valence electrons. The molecule has 1 fully saturated rings. The zero-order valence-electron chi connectivity index (χ0n) is 6.62. The fourth-order valence-corrected chi connectivity index (χ4v) is 2.62.